The first-order valence-electron chi connectivity index (χ1n) is 14.1. The number of fused-ring (bicyclic) bond motifs is 1. The zero-order valence-corrected chi connectivity index (χ0v) is 26.8. The van der Waals surface area contributed by atoms with Crippen LogP contribution in [0, 0.1) is 5.41 Å². The third-order valence-electron chi connectivity index (χ3n) is 7.16. The molecule has 0 aliphatic carbocycles. The highest BCUT2D eigenvalue weighted by molar-refractivity contribution is 8.24. The molecule has 7 nitrogen and oxygen atoms in total. The number of rotatable bonds is 12. The minimum absolute atomic E-state index is 0.262. The molecule has 1 aliphatic heterocycles. The maximum atomic E-state index is 12.4. The quantitative estimate of drug-likeness (QED) is 0.186. The molecule has 0 spiro atoms. The number of esters is 1. The molecule has 2 aromatic carbocycles. The van der Waals surface area contributed by atoms with E-state index in [1.165, 1.54) is 11.8 Å². The van der Waals surface area contributed by atoms with E-state index in [-0.39, 0.29) is 12.0 Å². The van der Waals surface area contributed by atoms with Gasteiger partial charge >= 0.3 is 5.97 Å². The number of nitrogens with zero attached hydrogens (tertiary/aromatic N) is 1. The van der Waals surface area contributed by atoms with E-state index in [9.17, 15) is 13.9 Å². The van der Waals surface area contributed by atoms with Gasteiger partial charge in [0.2, 0.25) is 0 Å². The van der Waals surface area contributed by atoms with E-state index in [1.807, 2.05) is 57.4 Å². The lowest BCUT2D eigenvalue weighted by atomic mass is 9.79. The number of ether oxygens (including phenoxy) is 3. The molecule has 0 bridgehead atoms. The lowest BCUT2D eigenvalue weighted by Gasteiger charge is -2.42. The molecule has 0 aromatic heterocycles. The molecule has 0 unspecified atom stereocenters. The first kappa shape index (κ1) is 32.4. The number of unbranched alkanes of at least 4 members (excludes halogenated alkanes) is 2. The third kappa shape index (κ3) is 8.24. The smallest absolute Gasteiger partial charge is 0.344 e. The van der Waals surface area contributed by atoms with Crippen molar-refractivity contribution < 1.29 is 28.1 Å². The van der Waals surface area contributed by atoms with Crippen molar-refractivity contribution in [2.45, 2.75) is 88.5 Å². The molecule has 224 valence electrons. The third-order valence-corrected chi connectivity index (χ3v) is 9.97. The zero-order chi connectivity index (χ0) is 29.6. The van der Waals surface area contributed by atoms with Gasteiger partial charge in [-0.2, -0.15) is 10.6 Å². The first-order valence-corrected chi connectivity index (χ1v) is 17.0. The second-order valence-corrected chi connectivity index (χ2v) is 14.6. The van der Waals surface area contributed by atoms with Gasteiger partial charge < -0.3 is 19.1 Å². The summed E-state index contributed by atoms with van der Waals surface area (Å²) in [7, 11) is -1.54. The fraction of sp³-hybridized carbons (Fsp3) is 0.581. The Morgan fingerprint density at radius 2 is 1.70 bits per heavy atom. The Hall–Kier alpha value is -2.07. The van der Waals surface area contributed by atoms with Crippen LogP contribution in [0.25, 0.3) is 0 Å². The van der Waals surface area contributed by atoms with Gasteiger partial charge in [0.05, 0.1) is 22.6 Å². The molecule has 1 aliphatic rings. The van der Waals surface area contributed by atoms with Gasteiger partial charge in [-0.25, -0.2) is 4.79 Å². The van der Waals surface area contributed by atoms with Crippen LogP contribution in [-0.2, 0) is 9.53 Å². The molecule has 0 saturated carbocycles. The molecule has 2 aromatic rings. The number of methoxy groups -OCH3 is 1. The highest BCUT2D eigenvalue weighted by Gasteiger charge is 2.42. The fourth-order valence-electron chi connectivity index (χ4n) is 5.28. The van der Waals surface area contributed by atoms with Gasteiger partial charge in [0.1, 0.15) is 17.1 Å². The van der Waals surface area contributed by atoms with Crippen molar-refractivity contribution in [3.05, 3.63) is 36.4 Å². The number of hydrogen-bond donors (Lipinski definition) is 2. The number of hydrogen-bond acceptors (Lipinski definition) is 8. The minimum Gasteiger partial charge on any atom is -0.497 e. The highest BCUT2D eigenvalue weighted by Crippen LogP contribution is 2.62. The standard InChI is InChI=1S/C31H47NO6S2/c1-8-10-16-31(17-11-9-2)21-32(23-12-14-24(36-6)15-13-23)25-18-27(39-7)26(19-28(25)40(34,35)22-31)37-20-29(33)38-30(3,4)5/h12-15,18-19,34-35H,8-11,16-17,20-22H2,1-7H3. The molecule has 1 heterocycles. The topological polar surface area (TPSA) is 88.5 Å². The van der Waals surface area contributed by atoms with Crippen LogP contribution in [0.5, 0.6) is 11.5 Å². The van der Waals surface area contributed by atoms with Gasteiger partial charge in [-0.05, 0) is 70.2 Å². The predicted octanol–water partition coefficient (Wildman–Crippen LogP) is 8.77. The van der Waals surface area contributed by atoms with Crippen LogP contribution in [0.4, 0.5) is 11.4 Å². The molecular weight excluding hydrogens is 546 g/mol. The van der Waals surface area contributed by atoms with Gasteiger partial charge in [-0.15, -0.1) is 11.8 Å². The van der Waals surface area contributed by atoms with Crippen molar-refractivity contribution in [3.63, 3.8) is 0 Å². The van der Waals surface area contributed by atoms with Crippen molar-refractivity contribution in [3.8, 4) is 11.5 Å². The second kappa shape index (κ2) is 13.7. The van der Waals surface area contributed by atoms with E-state index < -0.39 is 22.2 Å². The molecule has 2 N–H and O–H groups in total. The molecule has 0 fully saturated rings. The van der Waals surface area contributed by atoms with Crippen molar-refractivity contribution in [1.29, 1.82) is 0 Å². The van der Waals surface area contributed by atoms with Crippen molar-refractivity contribution in [2.24, 2.45) is 5.41 Å². The SMILES string of the molecule is CCCCC1(CCCC)CN(c2ccc(OC)cc2)c2cc(SC)c(OCC(=O)OC(C)(C)C)cc2S(O)(O)C1. The van der Waals surface area contributed by atoms with Crippen molar-refractivity contribution in [1.82, 2.24) is 0 Å². The average Bonchev–Trinajstić information content (AvgIpc) is 3.00. The van der Waals surface area contributed by atoms with E-state index in [4.69, 9.17) is 14.2 Å². The molecular formula is C31H47NO6S2. The van der Waals surface area contributed by atoms with Crippen LogP contribution in [0.1, 0.15) is 73.1 Å². The van der Waals surface area contributed by atoms with Crippen LogP contribution in [0.2, 0.25) is 0 Å². The lowest BCUT2D eigenvalue weighted by Crippen LogP contribution is -2.37. The number of benzene rings is 2. The van der Waals surface area contributed by atoms with Crippen LogP contribution in [0.3, 0.4) is 0 Å². The van der Waals surface area contributed by atoms with Gasteiger partial charge in [0.15, 0.2) is 6.61 Å². The van der Waals surface area contributed by atoms with Crippen LogP contribution < -0.4 is 14.4 Å². The summed E-state index contributed by atoms with van der Waals surface area (Å²) in [5.74, 6) is 1.03. The van der Waals surface area contributed by atoms with Gasteiger partial charge in [0, 0.05) is 29.5 Å². The number of thioether (sulfide) groups is 1. The Balaban J connectivity index is 2.15. The summed E-state index contributed by atoms with van der Waals surface area (Å²) in [6, 6.07) is 11.6. The van der Waals surface area contributed by atoms with E-state index in [1.54, 1.807) is 13.2 Å². The summed E-state index contributed by atoms with van der Waals surface area (Å²) in [6.45, 7) is 10.2. The van der Waals surface area contributed by atoms with Gasteiger partial charge in [0.25, 0.3) is 0 Å². The minimum atomic E-state index is -3.19. The zero-order valence-electron chi connectivity index (χ0n) is 25.1. The monoisotopic (exact) mass is 593 g/mol. The fourth-order valence-corrected chi connectivity index (χ4v) is 8.02. The maximum Gasteiger partial charge on any atom is 0.344 e. The van der Waals surface area contributed by atoms with Crippen molar-refractivity contribution >= 4 is 39.7 Å². The number of anilines is 2. The molecule has 0 amide bonds. The molecule has 9 heteroatoms. The van der Waals surface area contributed by atoms with Crippen LogP contribution in [-0.4, -0.2) is 52.9 Å². The van der Waals surface area contributed by atoms with E-state index in [0.29, 0.717) is 22.9 Å². The van der Waals surface area contributed by atoms with Crippen LogP contribution >= 0.6 is 22.4 Å². The maximum absolute atomic E-state index is 12.4. The summed E-state index contributed by atoms with van der Waals surface area (Å²) in [5, 5.41) is 0. The largest absolute Gasteiger partial charge is 0.497 e. The second-order valence-electron chi connectivity index (χ2n) is 11.6. The summed E-state index contributed by atoms with van der Waals surface area (Å²) < 4.78 is 40.5. The Bertz CT molecular complexity index is 1120. The normalized spacial score (nSPS) is 17.0. The van der Waals surface area contributed by atoms with Gasteiger partial charge in [-0.3, -0.25) is 9.11 Å². The lowest BCUT2D eigenvalue weighted by molar-refractivity contribution is -0.157. The molecule has 3 rings (SSSR count). The Labute approximate surface area is 246 Å². The molecule has 0 saturated heterocycles. The van der Waals surface area contributed by atoms with E-state index >= 15 is 0 Å². The van der Waals surface area contributed by atoms with E-state index in [2.05, 4.69) is 18.7 Å². The summed E-state index contributed by atoms with van der Waals surface area (Å²) in [6.07, 6.45) is 7.90. The molecule has 40 heavy (non-hydrogen) atoms. The predicted molar refractivity (Wildman–Crippen MR) is 167 cm³/mol. The Morgan fingerprint density at radius 3 is 2.23 bits per heavy atom. The Morgan fingerprint density at radius 1 is 1.07 bits per heavy atom. The summed E-state index contributed by atoms with van der Waals surface area (Å²) >= 11 is 1.49. The Kier molecular flexibility index (Phi) is 11.1. The first-order chi connectivity index (χ1) is 18.9. The molecule has 0 radical (unpaired) electrons. The van der Waals surface area contributed by atoms with E-state index in [0.717, 1.165) is 60.5 Å². The molecule has 0 atom stereocenters. The van der Waals surface area contributed by atoms with Crippen LogP contribution in [0.15, 0.2) is 46.2 Å². The number of carbonyl (C=O) groups excluding carboxylic acids is 1. The average molecular weight is 594 g/mol. The number of carbonyl (C=O) groups is 1. The highest BCUT2D eigenvalue weighted by atomic mass is 32.3. The summed E-state index contributed by atoms with van der Waals surface area (Å²) in [4.78, 5) is 15.9. The summed E-state index contributed by atoms with van der Waals surface area (Å²) in [5.41, 5.74) is 0.825. The van der Waals surface area contributed by atoms with Gasteiger partial charge in [-0.1, -0.05) is 39.5 Å². The van der Waals surface area contributed by atoms with Crippen molar-refractivity contribution in [2.75, 3.05) is 37.2 Å².